The number of benzene rings is 1. The molecule has 0 aliphatic rings. The maximum Gasteiger partial charge on any atom is 0.258 e. The molecule has 0 spiro atoms. The van der Waals surface area contributed by atoms with Crippen LogP contribution in [0.1, 0.15) is 10.4 Å². The SMILES string of the molecule is CN(C(=O)c1cc(Br)cc(Br)c1)c1ccncc1. The molecule has 92 valence electrons. The number of aromatic nitrogens is 1. The second-order valence-corrected chi connectivity index (χ2v) is 5.56. The van der Waals surface area contributed by atoms with Crippen LogP contribution in [0.5, 0.6) is 0 Å². The first-order valence-electron chi connectivity index (χ1n) is 5.22. The molecule has 0 atom stereocenters. The predicted octanol–water partition coefficient (Wildman–Crippen LogP) is 3.88. The van der Waals surface area contributed by atoms with E-state index in [0.717, 1.165) is 14.6 Å². The lowest BCUT2D eigenvalue weighted by Crippen LogP contribution is -2.26. The van der Waals surface area contributed by atoms with Crippen molar-refractivity contribution in [1.29, 1.82) is 0 Å². The van der Waals surface area contributed by atoms with Gasteiger partial charge in [0.05, 0.1) is 0 Å². The Hall–Kier alpha value is -1.20. The van der Waals surface area contributed by atoms with Gasteiger partial charge in [-0.05, 0) is 30.3 Å². The highest BCUT2D eigenvalue weighted by molar-refractivity contribution is 9.11. The van der Waals surface area contributed by atoms with Gasteiger partial charge >= 0.3 is 0 Å². The molecular weight excluding hydrogens is 360 g/mol. The van der Waals surface area contributed by atoms with Crippen LogP contribution in [0.3, 0.4) is 0 Å². The first-order valence-corrected chi connectivity index (χ1v) is 6.80. The van der Waals surface area contributed by atoms with Crippen molar-refractivity contribution in [3.63, 3.8) is 0 Å². The molecule has 0 N–H and O–H groups in total. The summed E-state index contributed by atoms with van der Waals surface area (Å²) in [7, 11) is 1.74. The van der Waals surface area contributed by atoms with Gasteiger partial charge < -0.3 is 4.90 Å². The first-order chi connectivity index (χ1) is 8.58. The second-order valence-electron chi connectivity index (χ2n) is 3.73. The number of hydrogen-bond donors (Lipinski definition) is 0. The van der Waals surface area contributed by atoms with Crippen molar-refractivity contribution in [3.05, 3.63) is 57.2 Å². The van der Waals surface area contributed by atoms with E-state index in [1.54, 1.807) is 48.6 Å². The van der Waals surface area contributed by atoms with Crippen LogP contribution in [0.2, 0.25) is 0 Å². The van der Waals surface area contributed by atoms with Gasteiger partial charge in [0.1, 0.15) is 0 Å². The van der Waals surface area contributed by atoms with Crippen LogP contribution in [0, 0.1) is 0 Å². The minimum absolute atomic E-state index is 0.0665. The van der Waals surface area contributed by atoms with Crippen molar-refractivity contribution >= 4 is 43.5 Å². The number of carbonyl (C=O) groups excluding carboxylic acids is 1. The lowest BCUT2D eigenvalue weighted by molar-refractivity contribution is 0.0993. The summed E-state index contributed by atoms with van der Waals surface area (Å²) in [5.41, 5.74) is 1.43. The zero-order chi connectivity index (χ0) is 13.1. The number of halogens is 2. The van der Waals surface area contributed by atoms with Crippen LogP contribution < -0.4 is 4.90 Å². The number of rotatable bonds is 2. The third kappa shape index (κ3) is 2.97. The molecule has 3 nitrogen and oxygen atoms in total. The number of anilines is 1. The molecule has 5 heteroatoms. The molecule has 0 unspecified atom stereocenters. The Balaban J connectivity index is 2.31. The van der Waals surface area contributed by atoms with Crippen LogP contribution in [-0.2, 0) is 0 Å². The highest BCUT2D eigenvalue weighted by atomic mass is 79.9. The molecule has 1 heterocycles. The van der Waals surface area contributed by atoms with Gasteiger partial charge in [-0.1, -0.05) is 31.9 Å². The Morgan fingerprint density at radius 2 is 1.67 bits per heavy atom. The van der Waals surface area contributed by atoms with Crippen molar-refractivity contribution in [1.82, 2.24) is 4.98 Å². The number of hydrogen-bond acceptors (Lipinski definition) is 2. The maximum absolute atomic E-state index is 12.3. The Labute approximate surface area is 122 Å². The summed E-state index contributed by atoms with van der Waals surface area (Å²) >= 11 is 6.75. The zero-order valence-corrected chi connectivity index (χ0v) is 12.8. The Bertz CT molecular complexity index is 552. The van der Waals surface area contributed by atoms with Crippen LogP contribution >= 0.6 is 31.9 Å². The lowest BCUT2D eigenvalue weighted by atomic mass is 10.2. The van der Waals surface area contributed by atoms with Gasteiger partial charge in [0, 0.05) is 39.6 Å². The summed E-state index contributed by atoms with van der Waals surface area (Å²) in [6, 6.07) is 9.08. The molecule has 18 heavy (non-hydrogen) atoms. The number of amides is 1. The van der Waals surface area contributed by atoms with Crippen LogP contribution in [0.25, 0.3) is 0 Å². The minimum atomic E-state index is -0.0665. The molecule has 0 fully saturated rings. The van der Waals surface area contributed by atoms with E-state index in [1.165, 1.54) is 0 Å². The van der Waals surface area contributed by atoms with Gasteiger partial charge in [-0.2, -0.15) is 0 Å². The monoisotopic (exact) mass is 368 g/mol. The summed E-state index contributed by atoms with van der Waals surface area (Å²) in [6.45, 7) is 0. The molecular formula is C13H10Br2N2O. The molecule has 2 rings (SSSR count). The van der Waals surface area contributed by atoms with Gasteiger partial charge in [-0.15, -0.1) is 0 Å². The standard InChI is InChI=1S/C13H10Br2N2O/c1-17(12-2-4-16-5-3-12)13(18)9-6-10(14)8-11(15)7-9/h2-8H,1H3. The molecule has 0 aliphatic carbocycles. The highest BCUT2D eigenvalue weighted by Crippen LogP contribution is 2.22. The van der Waals surface area contributed by atoms with E-state index in [4.69, 9.17) is 0 Å². The number of nitrogens with zero attached hydrogens (tertiary/aromatic N) is 2. The van der Waals surface area contributed by atoms with E-state index in [2.05, 4.69) is 36.8 Å². The third-order valence-corrected chi connectivity index (χ3v) is 3.38. The fourth-order valence-corrected chi connectivity index (χ4v) is 2.85. The van der Waals surface area contributed by atoms with E-state index in [-0.39, 0.29) is 5.91 Å². The number of carbonyl (C=O) groups is 1. The quantitative estimate of drug-likeness (QED) is 0.804. The smallest absolute Gasteiger partial charge is 0.258 e. The van der Waals surface area contributed by atoms with Crippen LogP contribution in [0.15, 0.2) is 51.7 Å². The topological polar surface area (TPSA) is 33.2 Å². The third-order valence-electron chi connectivity index (χ3n) is 2.46. The fraction of sp³-hybridized carbons (Fsp3) is 0.0769. The van der Waals surface area contributed by atoms with Gasteiger partial charge in [0.15, 0.2) is 0 Å². The molecule has 0 aliphatic heterocycles. The largest absolute Gasteiger partial charge is 0.311 e. The highest BCUT2D eigenvalue weighted by Gasteiger charge is 2.14. The van der Waals surface area contributed by atoms with Crippen LogP contribution in [-0.4, -0.2) is 17.9 Å². The van der Waals surface area contributed by atoms with E-state index in [0.29, 0.717) is 5.56 Å². The molecule has 0 bridgehead atoms. The zero-order valence-electron chi connectivity index (χ0n) is 9.60. The van der Waals surface area contributed by atoms with E-state index in [9.17, 15) is 4.79 Å². The minimum Gasteiger partial charge on any atom is -0.311 e. The average molecular weight is 370 g/mol. The lowest BCUT2D eigenvalue weighted by Gasteiger charge is -2.17. The van der Waals surface area contributed by atoms with Crippen molar-refractivity contribution < 1.29 is 4.79 Å². The molecule has 2 aromatic rings. The summed E-state index contributed by atoms with van der Waals surface area (Å²) in [4.78, 5) is 17.8. The Morgan fingerprint density at radius 1 is 1.11 bits per heavy atom. The summed E-state index contributed by atoms with van der Waals surface area (Å²) in [5.74, 6) is -0.0665. The molecule has 0 radical (unpaired) electrons. The molecule has 0 saturated carbocycles. The molecule has 1 amide bonds. The van der Waals surface area contributed by atoms with E-state index in [1.807, 2.05) is 6.07 Å². The molecule has 0 saturated heterocycles. The van der Waals surface area contributed by atoms with E-state index >= 15 is 0 Å². The van der Waals surface area contributed by atoms with Crippen molar-refractivity contribution in [2.75, 3.05) is 11.9 Å². The van der Waals surface area contributed by atoms with Gasteiger partial charge in [0.2, 0.25) is 0 Å². The Kier molecular flexibility index (Phi) is 4.14. The summed E-state index contributed by atoms with van der Waals surface area (Å²) in [5, 5.41) is 0. The van der Waals surface area contributed by atoms with E-state index < -0.39 is 0 Å². The summed E-state index contributed by atoms with van der Waals surface area (Å²) < 4.78 is 1.73. The maximum atomic E-state index is 12.3. The van der Waals surface area contributed by atoms with Crippen molar-refractivity contribution in [2.45, 2.75) is 0 Å². The van der Waals surface area contributed by atoms with Crippen molar-refractivity contribution in [2.24, 2.45) is 0 Å². The van der Waals surface area contributed by atoms with Gasteiger partial charge in [0.25, 0.3) is 5.91 Å². The van der Waals surface area contributed by atoms with Gasteiger partial charge in [-0.3, -0.25) is 9.78 Å². The van der Waals surface area contributed by atoms with Crippen LogP contribution in [0.4, 0.5) is 5.69 Å². The molecule has 1 aromatic carbocycles. The normalized spacial score (nSPS) is 10.2. The summed E-state index contributed by atoms with van der Waals surface area (Å²) in [6.07, 6.45) is 3.33. The fourth-order valence-electron chi connectivity index (χ4n) is 1.56. The Morgan fingerprint density at radius 3 is 2.22 bits per heavy atom. The van der Waals surface area contributed by atoms with Crippen molar-refractivity contribution in [3.8, 4) is 0 Å². The first kappa shape index (κ1) is 13.2. The number of pyridine rings is 1. The van der Waals surface area contributed by atoms with Gasteiger partial charge in [-0.25, -0.2) is 0 Å². The second kappa shape index (κ2) is 5.63. The average Bonchev–Trinajstić information content (AvgIpc) is 2.37. The predicted molar refractivity (Wildman–Crippen MR) is 78.8 cm³/mol. The molecule has 1 aromatic heterocycles.